The molecule has 1 atom stereocenters. The van der Waals surface area contributed by atoms with Gasteiger partial charge in [-0.3, -0.25) is 10.1 Å². The zero-order chi connectivity index (χ0) is 15.7. The molecule has 0 saturated carbocycles. The fourth-order valence-corrected chi connectivity index (χ4v) is 3.54. The topological polar surface area (TPSA) is 55.2 Å². The van der Waals surface area contributed by atoms with Crippen LogP contribution in [0.2, 0.25) is 10.0 Å². The minimum Gasteiger partial charge on any atom is -0.373 e. The summed E-state index contributed by atoms with van der Waals surface area (Å²) in [5.74, 6) is 0. The second-order valence-corrected chi connectivity index (χ2v) is 7.05. The lowest BCUT2D eigenvalue weighted by atomic mass is 10.1. The van der Waals surface area contributed by atoms with Crippen LogP contribution in [0.15, 0.2) is 18.2 Å². The van der Waals surface area contributed by atoms with E-state index in [-0.39, 0.29) is 21.8 Å². The summed E-state index contributed by atoms with van der Waals surface area (Å²) in [7, 11) is 0. The Hall–Kier alpha value is -1.30. The van der Waals surface area contributed by atoms with Crippen molar-refractivity contribution >= 4 is 45.9 Å². The van der Waals surface area contributed by atoms with Crippen LogP contribution in [0.4, 0.5) is 11.4 Å². The maximum atomic E-state index is 11.1. The summed E-state index contributed by atoms with van der Waals surface area (Å²) in [6.07, 6.45) is 0. The number of aryl methyl sites for hydroxylation is 2. The molecule has 21 heavy (non-hydrogen) atoms. The Bertz CT molecular complexity index is 701. The summed E-state index contributed by atoms with van der Waals surface area (Å²) in [6.45, 7) is 6.03. The zero-order valence-electron chi connectivity index (χ0n) is 11.7. The minimum atomic E-state index is -0.469. The number of halogens is 2. The van der Waals surface area contributed by atoms with Gasteiger partial charge in [0.25, 0.3) is 5.69 Å². The summed E-state index contributed by atoms with van der Waals surface area (Å²) < 4.78 is 0. The summed E-state index contributed by atoms with van der Waals surface area (Å²) in [4.78, 5) is 13.1. The molecule has 1 heterocycles. The number of nitrogens with zero attached hydrogens (tertiary/aromatic N) is 1. The molecule has 1 aromatic heterocycles. The molecule has 2 rings (SSSR count). The Labute approximate surface area is 136 Å². The van der Waals surface area contributed by atoms with Crippen molar-refractivity contribution in [3.8, 4) is 0 Å². The van der Waals surface area contributed by atoms with Crippen molar-refractivity contribution in [2.45, 2.75) is 26.8 Å². The fraction of sp³-hybridized carbons (Fsp3) is 0.286. The molecule has 1 N–H and O–H groups in total. The number of nitrogens with one attached hydrogen (secondary N) is 1. The normalized spacial score (nSPS) is 12.2. The maximum Gasteiger partial charge on any atom is 0.293 e. The number of hydrogen-bond acceptors (Lipinski definition) is 4. The van der Waals surface area contributed by atoms with Crippen molar-refractivity contribution in [1.82, 2.24) is 0 Å². The first-order valence-corrected chi connectivity index (χ1v) is 7.83. The van der Waals surface area contributed by atoms with Crippen LogP contribution in [0.5, 0.6) is 0 Å². The molecule has 4 nitrogen and oxygen atoms in total. The summed E-state index contributed by atoms with van der Waals surface area (Å²) in [6, 6.07) is 4.78. The minimum absolute atomic E-state index is 0.0640. The van der Waals surface area contributed by atoms with Crippen LogP contribution in [0.3, 0.4) is 0 Å². The van der Waals surface area contributed by atoms with Crippen LogP contribution >= 0.6 is 34.5 Å². The molecule has 0 spiro atoms. The summed E-state index contributed by atoms with van der Waals surface area (Å²) in [5.41, 5.74) is 1.41. The standard InChI is InChI=1S/C14H14Cl2N2O2S/c1-7-4-10(9(3)21-7)8(2)17-13-5-11(15)12(16)6-14(13)18(19)20/h4-6,8,17H,1-3H3. The SMILES string of the molecule is Cc1cc(C(C)Nc2cc(Cl)c(Cl)cc2[N+](=O)[O-])c(C)s1. The predicted octanol–water partition coefficient (Wildman–Crippen LogP) is 5.75. The van der Waals surface area contributed by atoms with Gasteiger partial charge in [-0.1, -0.05) is 23.2 Å². The van der Waals surface area contributed by atoms with E-state index in [0.717, 1.165) is 5.56 Å². The lowest BCUT2D eigenvalue weighted by molar-refractivity contribution is -0.384. The average Bonchev–Trinajstić information content (AvgIpc) is 2.72. The van der Waals surface area contributed by atoms with Gasteiger partial charge in [0.15, 0.2) is 0 Å². The van der Waals surface area contributed by atoms with Crippen LogP contribution in [0.1, 0.15) is 28.3 Å². The first-order chi connectivity index (χ1) is 9.79. The van der Waals surface area contributed by atoms with Crippen LogP contribution in [0, 0.1) is 24.0 Å². The van der Waals surface area contributed by atoms with Crippen molar-refractivity contribution in [2.24, 2.45) is 0 Å². The molecule has 0 bridgehead atoms. The van der Waals surface area contributed by atoms with Gasteiger partial charge in [-0.2, -0.15) is 0 Å². The molecule has 0 aliphatic heterocycles. The van der Waals surface area contributed by atoms with Crippen LogP contribution in [0.25, 0.3) is 0 Å². The third-order valence-electron chi connectivity index (χ3n) is 3.15. The maximum absolute atomic E-state index is 11.1. The molecule has 2 aromatic rings. The second-order valence-electron chi connectivity index (χ2n) is 4.78. The highest BCUT2D eigenvalue weighted by Crippen LogP contribution is 2.36. The van der Waals surface area contributed by atoms with E-state index < -0.39 is 4.92 Å². The molecule has 0 fully saturated rings. The highest BCUT2D eigenvalue weighted by atomic mass is 35.5. The Morgan fingerprint density at radius 2 is 1.86 bits per heavy atom. The van der Waals surface area contributed by atoms with Crippen molar-refractivity contribution in [3.63, 3.8) is 0 Å². The third-order valence-corrected chi connectivity index (χ3v) is 4.86. The molecular formula is C14H14Cl2N2O2S. The summed E-state index contributed by atoms with van der Waals surface area (Å²) >= 11 is 13.5. The van der Waals surface area contributed by atoms with Gasteiger partial charge < -0.3 is 5.32 Å². The molecule has 1 unspecified atom stereocenters. The molecule has 7 heteroatoms. The monoisotopic (exact) mass is 344 g/mol. The molecule has 0 radical (unpaired) electrons. The van der Waals surface area contributed by atoms with Gasteiger partial charge in [0.05, 0.1) is 15.0 Å². The average molecular weight is 345 g/mol. The van der Waals surface area contributed by atoms with Gasteiger partial charge in [-0.05, 0) is 38.5 Å². The lowest BCUT2D eigenvalue weighted by Crippen LogP contribution is -2.08. The molecule has 0 saturated heterocycles. The second kappa shape index (κ2) is 6.22. The first kappa shape index (κ1) is 16.1. The molecule has 1 aromatic carbocycles. The molecule has 0 aliphatic carbocycles. The van der Waals surface area contributed by atoms with Crippen LogP contribution < -0.4 is 5.32 Å². The Morgan fingerprint density at radius 1 is 1.24 bits per heavy atom. The first-order valence-electron chi connectivity index (χ1n) is 6.26. The van der Waals surface area contributed by atoms with Gasteiger partial charge in [-0.25, -0.2) is 0 Å². The largest absolute Gasteiger partial charge is 0.373 e. The van der Waals surface area contributed by atoms with Gasteiger partial charge in [0.2, 0.25) is 0 Å². The number of anilines is 1. The van der Waals surface area contributed by atoms with Crippen molar-refractivity contribution in [2.75, 3.05) is 5.32 Å². The molecular weight excluding hydrogens is 331 g/mol. The highest BCUT2D eigenvalue weighted by molar-refractivity contribution is 7.12. The number of thiophene rings is 1. The van der Waals surface area contributed by atoms with Crippen LogP contribution in [-0.4, -0.2) is 4.92 Å². The van der Waals surface area contributed by atoms with Gasteiger partial charge in [-0.15, -0.1) is 11.3 Å². The molecule has 0 aliphatic rings. The van der Waals surface area contributed by atoms with Gasteiger partial charge in [0, 0.05) is 21.9 Å². The smallest absolute Gasteiger partial charge is 0.293 e. The quantitative estimate of drug-likeness (QED) is 0.567. The molecule has 0 amide bonds. The van der Waals surface area contributed by atoms with E-state index in [1.54, 1.807) is 11.3 Å². The van der Waals surface area contributed by atoms with Crippen LogP contribution in [-0.2, 0) is 0 Å². The van der Waals surface area contributed by atoms with Crippen molar-refractivity contribution < 1.29 is 4.92 Å². The van der Waals surface area contributed by atoms with E-state index >= 15 is 0 Å². The van der Waals surface area contributed by atoms with E-state index in [0.29, 0.717) is 5.69 Å². The summed E-state index contributed by atoms with van der Waals surface area (Å²) in [5, 5.41) is 14.8. The van der Waals surface area contributed by atoms with E-state index in [4.69, 9.17) is 23.2 Å². The van der Waals surface area contributed by atoms with E-state index in [1.807, 2.05) is 20.8 Å². The zero-order valence-corrected chi connectivity index (χ0v) is 14.1. The fourth-order valence-electron chi connectivity index (χ4n) is 2.19. The Morgan fingerprint density at radius 3 is 2.38 bits per heavy atom. The molecule has 112 valence electrons. The lowest BCUT2D eigenvalue weighted by Gasteiger charge is -2.16. The highest BCUT2D eigenvalue weighted by Gasteiger charge is 2.20. The Kier molecular flexibility index (Phi) is 4.76. The number of nitro benzene ring substituents is 1. The van der Waals surface area contributed by atoms with E-state index in [9.17, 15) is 10.1 Å². The van der Waals surface area contributed by atoms with Gasteiger partial charge >= 0.3 is 0 Å². The van der Waals surface area contributed by atoms with Crippen molar-refractivity contribution in [3.05, 3.63) is 53.7 Å². The number of nitro groups is 1. The van der Waals surface area contributed by atoms with Gasteiger partial charge in [0.1, 0.15) is 5.69 Å². The van der Waals surface area contributed by atoms with E-state index in [2.05, 4.69) is 11.4 Å². The third kappa shape index (κ3) is 3.48. The van der Waals surface area contributed by atoms with E-state index in [1.165, 1.54) is 21.9 Å². The predicted molar refractivity (Wildman–Crippen MR) is 88.9 cm³/mol. The van der Waals surface area contributed by atoms with Crippen molar-refractivity contribution in [1.29, 1.82) is 0 Å². The number of hydrogen-bond donors (Lipinski definition) is 1. The number of benzene rings is 1. The Balaban J connectivity index is 2.36. The number of rotatable bonds is 4.